The van der Waals surface area contributed by atoms with Crippen molar-refractivity contribution in [3.05, 3.63) is 66.6 Å². The number of anilines is 1. The Bertz CT molecular complexity index is 1060. The van der Waals surface area contributed by atoms with E-state index in [-0.39, 0.29) is 31.5 Å². The molecule has 1 saturated heterocycles. The Morgan fingerprint density at radius 3 is 2.56 bits per heavy atom. The highest BCUT2D eigenvalue weighted by Crippen LogP contribution is 2.19. The summed E-state index contributed by atoms with van der Waals surface area (Å²) in [6.45, 7) is 2.72. The Labute approximate surface area is 198 Å². The van der Waals surface area contributed by atoms with Crippen molar-refractivity contribution in [3.63, 3.8) is 0 Å². The maximum atomic E-state index is 13.1. The normalized spacial score (nSPS) is 14.0. The van der Waals surface area contributed by atoms with E-state index in [0.29, 0.717) is 25.4 Å². The van der Waals surface area contributed by atoms with Gasteiger partial charge in [-0.3, -0.25) is 9.59 Å². The smallest absolute Gasteiger partial charge is 0.249 e. The lowest BCUT2D eigenvalue weighted by molar-refractivity contribution is -0.143. The van der Waals surface area contributed by atoms with Gasteiger partial charge in [-0.2, -0.15) is 0 Å². The van der Waals surface area contributed by atoms with Crippen molar-refractivity contribution >= 4 is 17.6 Å². The molecule has 1 aliphatic rings. The van der Waals surface area contributed by atoms with Crippen molar-refractivity contribution in [2.75, 3.05) is 51.3 Å². The average Bonchev–Trinajstić information content (AvgIpc) is 3.26. The zero-order valence-electron chi connectivity index (χ0n) is 19.3. The second-order valence-electron chi connectivity index (χ2n) is 8.13. The van der Waals surface area contributed by atoms with Crippen molar-refractivity contribution < 1.29 is 18.7 Å². The van der Waals surface area contributed by atoms with Crippen LogP contribution in [0.3, 0.4) is 0 Å². The molecule has 3 heterocycles. The predicted molar refractivity (Wildman–Crippen MR) is 127 cm³/mol. The summed E-state index contributed by atoms with van der Waals surface area (Å²) in [5.41, 5.74) is 1.85. The number of nitrogens with zero attached hydrogens (tertiary/aromatic N) is 5. The molecule has 2 amide bonds. The fraction of sp³-hybridized carbons (Fsp3) is 0.360. The molecule has 0 aliphatic carbocycles. The fourth-order valence-electron chi connectivity index (χ4n) is 3.95. The minimum Gasteiger partial charge on any atom is -0.467 e. The van der Waals surface area contributed by atoms with Gasteiger partial charge >= 0.3 is 0 Å². The summed E-state index contributed by atoms with van der Waals surface area (Å²) in [6, 6.07) is 17.4. The lowest BCUT2D eigenvalue weighted by Gasteiger charge is -2.26. The van der Waals surface area contributed by atoms with Gasteiger partial charge in [-0.15, -0.1) is 10.2 Å². The number of aromatic nitrogens is 2. The van der Waals surface area contributed by atoms with Gasteiger partial charge in [0.05, 0.1) is 18.5 Å². The molecule has 9 heteroatoms. The molecule has 0 saturated carbocycles. The van der Waals surface area contributed by atoms with Crippen LogP contribution in [0.1, 0.15) is 12.2 Å². The summed E-state index contributed by atoms with van der Waals surface area (Å²) >= 11 is 0. The maximum absolute atomic E-state index is 13.1. The van der Waals surface area contributed by atoms with Gasteiger partial charge in [0, 0.05) is 38.9 Å². The lowest BCUT2D eigenvalue weighted by Crippen LogP contribution is -2.44. The third-order valence-corrected chi connectivity index (χ3v) is 5.77. The summed E-state index contributed by atoms with van der Waals surface area (Å²) in [4.78, 5) is 31.0. The minimum absolute atomic E-state index is 0.0194. The number of hydrogen-bond donors (Lipinski definition) is 0. The van der Waals surface area contributed by atoms with Crippen LogP contribution in [0.2, 0.25) is 0 Å². The number of amides is 2. The first-order valence-corrected chi connectivity index (χ1v) is 11.3. The van der Waals surface area contributed by atoms with Crippen LogP contribution in [0, 0.1) is 0 Å². The molecular formula is C25H29N5O4. The molecule has 9 nitrogen and oxygen atoms in total. The van der Waals surface area contributed by atoms with Crippen LogP contribution in [0.4, 0.5) is 5.82 Å². The van der Waals surface area contributed by atoms with Crippen LogP contribution >= 0.6 is 0 Å². The molecule has 1 fully saturated rings. The number of ether oxygens (including phenoxy) is 1. The molecular weight excluding hydrogens is 434 g/mol. The number of carbonyl (C=O) groups is 2. The molecule has 0 bridgehead atoms. The van der Waals surface area contributed by atoms with Crippen LogP contribution in [0.5, 0.6) is 0 Å². The molecule has 4 rings (SSSR count). The summed E-state index contributed by atoms with van der Waals surface area (Å²) in [5.74, 6) is 1.07. The first-order valence-electron chi connectivity index (χ1n) is 11.3. The number of hydrogen-bond acceptors (Lipinski definition) is 7. The van der Waals surface area contributed by atoms with Crippen LogP contribution in [0.25, 0.3) is 11.3 Å². The molecule has 0 unspecified atom stereocenters. The number of methoxy groups -OCH3 is 1. The van der Waals surface area contributed by atoms with Crippen molar-refractivity contribution in [3.8, 4) is 11.3 Å². The van der Waals surface area contributed by atoms with Gasteiger partial charge in [-0.05, 0) is 30.7 Å². The predicted octanol–water partition coefficient (Wildman–Crippen LogP) is 2.45. The summed E-state index contributed by atoms with van der Waals surface area (Å²) in [7, 11) is 1.46. The lowest BCUT2D eigenvalue weighted by atomic mass is 10.1. The molecule has 0 N–H and O–H groups in total. The SMILES string of the molecule is COCC(=O)N(CC(=O)N1CCCN(c2ccc(-c3ccccc3)nn2)CC1)Cc1ccco1. The zero-order chi connectivity index (χ0) is 23.8. The highest BCUT2D eigenvalue weighted by atomic mass is 16.5. The first-order chi connectivity index (χ1) is 16.6. The van der Waals surface area contributed by atoms with Gasteiger partial charge in [0.1, 0.15) is 18.9 Å². The van der Waals surface area contributed by atoms with Gasteiger partial charge in [-0.25, -0.2) is 0 Å². The van der Waals surface area contributed by atoms with Gasteiger partial charge in [0.25, 0.3) is 0 Å². The van der Waals surface area contributed by atoms with E-state index < -0.39 is 0 Å². The third kappa shape index (κ3) is 5.99. The largest absolute Gasteiger partial charge is 0.467 e. The van der Waals surface area contributed by atoms with Crippen molar-refractivity contribution in [2.24, 2.45) is 0 Å². The van der Waals surface area contributed by atoms with E-state index in [2.05, 4.69) is 15.1 Å². The van der Waals surface area contributed by atoms with E-state index >= 15 is 0 Å². The van der Waals surface area contributed by atoms with E-state index in [0.717, 1.165) is 30.0 Å². The second-order valence-corrected chi connectivity index (χ2v) is 8.13. The van der Waals surface area contributed by atoms with Crippen molar-refractivity contribution in [2.45, 2.75) is 13.0 Å². The number of rotatable bonds is 8. The van der Waals surface area contributed by atoms with Gasteiger partial charge in [0.2, 0.25) is 11.8 Å². The quantitative estimate of drug-likeness (QED) is 0.507. The first kappa shape index (κ1) is 23.4. The molecule has 178 valence electrons. The number of furan rings is 1. The van der Waals surface area contributed by atoms with E-state index in [4.69, 9.17) is 9.15 Å². The van der Waals surface area contributed by atoms with Gasteiger partial charge in [0.15, 0.2) is 5.82 Å². The topological polar surface area (TPSA) is 92.0 Å². The molecule has 0 radical (unpaired) electrons. The van der Waals surface area contributed by atoms with Gasteiger partial charge in [-0.1, -0.05) is 30.3 Å². The van der Waals surface area contributed by atoms with Crippen LogP contribution in [0.15, 0.2) is 65.3 Å². The Kier molecular flexibility index (Phi) is 7.87. The molecule has 2 aromatic heterocycles. The van der Waals surface area contributed by atoms with Crippen LogP contribution in [-0.4, -0.2) is 78.3 Å². The molecule has 1 aromatic carbocycles. The maximum Gasteiger partial charge on any atom is 0.249 e. The van der Waals surface area contributed by atoms with Crippen molar-refractivity contribution in [1.82, 2.24) is 20.0 Å². The van der Waals surface area contributed by atoms with Crippen LogP contribution < -0.4 is 4.90 Å². The Balaban J connectivity index is 1.36. The molecule has 0 atom stereocenters. The van der Waals surface area contributed by atoms with E-state index in [1.807, 2.05) is 42.5 Å². The minimum atomic E-state index is -0.252. The van der Waals surface area contributed by atoms with E-state index in [1.165, 1.54) is 12.0 Å². The average molecular weight is 464 g/mol. The van der Waals surface area contributed by atoms with Crippen molar-refractivity contribution in [1.29, 1.82) is 0 Å². The van der Waals surface area contributed by atoms with E-state index in [1.54, 1.807) is 23.3 Å². The fourth-order valence-corrected chi connectivity index (χ4v) is 3.95. The third-order valence-electron chi connectivity index (χ3n) is 5.77. The Morgan fingerprint density at radius 2 is 1.85 bits per heavy atom. The summed E-state index contributed by atoms with van der Waals surface area (Å²) in [6.07, 6.45) is 2.35. The molecule has 0 spiro atoms. The Morgan fingerprint density at radius 1 is 1.00 bits per heavy atom. The monoisotopic (exact) mass is 463 g/mol. The van der Waals surface area contributed by atoms with Crippen LogP contribution in [-0.2, 0) is 20.9 Å². The summed E-state index contributed by atoms with van der Waals surface area (Å²) < 4.78 is 10.3. The number of carbonyl (C=O) groups excluding carboxylic acids is 2. The highest BCUT2D eigenvalue weighted by molar-refractivity contribution is 5.85. The second kappa shape index (κ2) is 11.4. The molecule has 1 aliphatic heterocycles. The molecule has 34 heavy (non-hydrogen) atoms. The summed E-state index contributed by atoms with van der Waals surface area (Å²) in [5, 5.41) is 8.80. The molecule has 3 aromatic rings. The zero-order valence-corrected chi connectivity index (χ0v) is 19.3. The standard InChI is InChI=1S/C25H29N5O4/c1-33-19-25(32)30(17-21-9-5-16-34-21)18-24(31)29-13-6-12-28(14-15-29)23-11-10-22(26-27-23)20-7-3-2-4-8-20/h2-5,7-11,16H,6,12-15,17-19H2,1H3. The highest BCUT2D eigenvalue weighted by Gasteiger charge is 2.24. The van der Waals surface area contributed by atoms with Gasteiger partial charge < -0.3 is 23.9 Å². The van der Waals surface area contributed by atoms with E-state index in [9.17, 15) is 9.59 Å². The Hall–Kier alpha value is -3.72. The number of benzene rings is 1.